The van der Waals surface area contributed by atoms with E-state index in [0.717, 1.165) is 11.3 Å². The van der Waals surface area contributed by atoms with Gasteiger partial charge in [0.25, 0.3) is 5.91 Å². The van der Waals surface area contributed by atoms with Gasteiger partial charge in [-0.3, -0.25) is 9.89 Å². The molecule has 0 bridgehead atoms. The molecule has 0 saturated carbocycles. The van der Waals surface area contributed by atoms with Crippen LogP contribution >= 0.6 is 0 Å². The van der Waals surface area contributed by atoms with Crippen molar-refractivity contribution in [2.75, 3.05) is 0 Å². The maximum Gasteiger partial charge on any atom is 0.269 e. The maximum atomic E-state index is 10.8. The fraction of sp³-hybridized carbons (Fsp3) is 0.167. The lowest BCUT2D eigenvalue weighted by Crippen LogP contribution is -2.10. The van der Waals surface area contributed by atoms with Crippen molar-refractivity contribution in [3.05, 3.63) is 53.9 Å². The summed E-state index contributed by atoms with van der Waals surface area (Å²) in [5.41, 5.74) is 7.34. The van der Waals surface area contributed by atoms with Crippen LogP contribution < -0.4 is 5.73 Å². The van der Waals surface area contributed by atoms with Gasteiger partial charge in [0.2, 0.25) is 0 Å². The van der Waals surface area contributed by atoms with Crippen LogP contribution in [0.15, 0.2) is 42.5 Å². The number of carbonyl (C=O) groups is 1. The Balaban J connectivity index is 2.75. The molecule has 84 valence electrons. The molecule has 0 spiro atoms. The van der Waals surface area contributed by atoms with Crippen molar-refractivity contribution < 1.29 is 4.79 Å². The van der Waals surface area contributed by atoms with Crippen LogP contribution in [0, 0.1) is 0 Å². The normalized spacial score (nSPS) is 11.9. The molecule has 0 fully saturated rings. The number of nitrogens with one attached hydrogen (secondary N) is 1. The summed E-state index contributed by atoms with van der Waals surface area (Å²) < 4.78 is 0. The number of primary amides is 1. The van der Waals surface area contributed by atoms with Crippen molar-refractivity contribution in [1.29, 1.82) is 0 Å². The fourth-order valence-electron chi connectivity index (χ4n) is 1.25. The lowest BCUT2D eigenvalue weighted by molar-refractivity contribution is 0.0995. The molecule has 0 saturated heterocycles. The topological polar surface area (TPSA) is 71.8 Å². The van der Waals surface area contributed by atoms with Crippen LogP contribution in [0.4, 0.5) is 0 Å². The van der Waals surface area contributed by atoms with Crippen molar-refractivity contribution in [2.45, 2.75) is 13.3 Å². The Hall–Kier alpha value is -2.10. The molecular weight excluding hydrogens is 202 g/mol. The molecule has 0 aromatic carbocycles. The molecular formula is C12H15N3O. The lowest BCUT2D eigenvalue weighted by Gasteiger charge is -1.97. The highest BCUT2D eigenvalue weighted by atomic mass is 16.1. The van der Waals surface area contributed by atoms with E-state index in [9.17, 15) is 4.79 Å². The first kappa shape index (κ1) is 12.0. The first-order chi connectivity index (χ1) is 7.67. The van der Waals surface area contributed by atoms with E-state index >= 15 is 0 Å². The molecule has 4 nitrogen and oxygen atoms in total. The third kappa shape index (κ3) is 3.24. The zero-order valence-corrected chi connectivity index (χ0v) is 9.23. The molecule has 1 heterocycles. The van der Waals surface area contributed by atoms with Crippen molar-refractivity contribution >= 4 is 5.91 Å². The smallest absolute Gasteiger partial charge is 0.269 e. The van der Waals surface area contributed by atoms with Gasteiger partial charge in [-0.1, -0.05) is 30.9 Å². The average molecular weight is 217 g/mol. The highest BCUT2D eigenvalue weighted by molar-refractivity contribution is 5.90. The van der Waals surface area contributed by atoms with E-state index in [1.54, 1.807) is 12.1 Å². The monoisotopic (exact) mass is 217 g/mol. The maximum absolute atomic E-state index is 10.8. The summed E-state index contributed by atoms with van der Waals surface area (Å²) in [7, 11) is 0. The van der Waals surface area contributed by atoms with Crippen LogP contribution in [-0.2, 0) is 6.42 Å². The summed E-state index contributed by atoms with van der Waals surface area (Å²) in [5, 5.41) is 6.59. The molecule has 0 aliphatic heterocycles. The van der Waals surface area contributed by atoms with Crippen LogP contribution in [0.5, 0.6) is 0 Å². The Bertz CT molecular complexity index is 441. The van der Waals surface area contributed by atoms with Gasteiger partial charge >= 0.3 is 0 Å². The number of H-pyrrole nitrogens is 1. The summed E-state index contributed by atoms with van der Waals surface area (Å²) in [6.07, 6.45) is 8.20. The van der Waals surface area contributed by atoms with Crippen LogP contribution in [0.3, 0.4) is 0 Å². The van der Waals surface area contributed by atoms with E-state index in [0.29, 0.717) is 6.42 Å². The molecule has 0 unspecified atom stereocenters. The predicted molar refractivity (Wildman–Crippen MR) is 63.9 cm³/mol. The number of aromatic amines is 1. The van der Waals surface area contributed by atoms with Crippen molar-refractivity contribution in [3.8, 4) is 0 Å². The number of aromatic nitrogens is 2. The second-order valence-electron chi connectivity index (χ2n) is 3.28. The third-order valence-electron chi connectivity index (χ3n) is 2.10. The first-order valence-corrected chi connectivity index (χ1v) is 4.95. The van der Waals surface area contributed by atoms with E-state index in [1.165, 1.54) is 0 Å². The van der Waals surface area contributed by atoms with E-state index in [1.807, 2.05) is 25.2 Å². The van der Waals surface area contributed by atoms with E-state index in [4.69, 9.17) is 5.73 Å². The Morgan fingerprint density at radius 1 is 1.69 bits per heavy atom. The second-order valence-corrected chi connectivity index (χ2v) is 3.28. The Morgan fingerprint density at radius 3 is 2.94 bits per heavy atom. The number of hydrogen-bond acceptors (Lipinski definition) is 2. The van der Waals surface area contributed by atoms with Gasteiger partial charge in [-0.15, -0.1) is 0 Å². The van der Waals surface area contributed by atoms with Crippen LogP contribution in [-0.4, -0.2) is 16.1 Å². The van der Waals surface area contributed by atoms with Crippen LogP contribution in [0.25, 0.3) is 0 Å². The van der Waals surface area contributed by atoms with Gasteiger partial charge in [0.05, 0.1) is 0 Å². The average Bonchev–Trinajstić information content (AvgIpc) is 2.72. The van der Waals surface area contributed by atoms with Crippen molar-refractivity contribution in [3.63, 3.8) is 0 Å². The summed E-state index contributed by atoms with van der Waals surface area (Å²) in [4.78, 5) is 10.8. The molecule has 0 aliphatic carbocycles. The van der Waals surface area contributed by atoms with Gasteiger partial charge in [-0.05, 0) is 18.6 Å². The zero-order valence-electron chi connectivity index (χ0n) is 9.23. The first-order valence-electron chi connectivity index (χ1n) is 4.95. The predicted octanol–water partition coefficient (Wildman–Crippen LogP) is 1.74. The quantitative estimate of drug-likeness (QED) is 0.737. The minimum absolute atomic E-state index is 0.262. The summed E-state index contributed by atoms with van der Waals surface area (Å²) >= 11 is 0. The molecule has 1 amide bonds. The van der Waals surface area contributed by atoms with Crippen LogP contribution in [0.2, 0.25) is 0 Å². The highest BCUT2D eigenvalue weighted by Gasteiger charge is 2.06. The van der Waals surface area contributed by atoms with E-state index < -0.39 is 5.91 Å². The number of allylic oxidation sites excluding steroid dienone is 5. The largest absolute Gasteiger partial charge is 0.364 e. The van der Waals surface area contributed by atoms with Crippen molar-refractivity contribution in [2.24, 2.45) is 5.73 Å². The standard InChI is InChI=1S/C12H15N3O/c1-3-5-6-9(4-2)7-10-8-11(12(13)16)15-14-10/h3-6,8H,1,7H2,2H3,(H2,13,16)(H,14,15)/b6-5-,9-4+. The highest BCUT2D eigenvalue weighted by Crippen LogP contribution is 2.08. The Morgan fingerprint density at radius 2 is 2.44 bits per heavy atom. The number of nitrogens with zero attached hydrogens (tertiary/aromatic N) is 1. The molecule has 3 N–H and O–H groups in total. The van der Waals surface area contributed by atoms with Gasteiger partial charge in [0.1, 0.15) is 5.69 Å². The second kappa shape index (κ2) is 5.70. The number of carbonyl (C=O) groups excluding carboxylic acids is 1. The molecule has 0 atom stereocenters. The number of hydrogen-bond donors (Lipinski definition) is 2. The van der Waals surface area contributed by atoms with E-state index in [2.05, 4.69) is 16.8 Å². The van der Waals surface area contributed by atoms with Crippen molar-refractivity contribution in [1.82, 2.24) is 10.2 Å². The molecule has 0 radical (unpaired) electrons. The third-order valence-corrected chi connectivity index (χ3v) is 2.10. The van der Waals surface area contributed by atoms with Gasteiger partial charge in [0, 0.05) is 12.1 Å². The summed E-state index contributed by atoms with van der Waals surface area (Å²) in [6.45, 7) is 5.56. The molecule has 4 heteroatoms. The Kier molecular flexibility index (Phi) is 4.27. The lowest BCUT2D eigenvalue weighted by atomic mass is 10.1. The Labute approximate surface area is 94.5 Å². The van der Waals surface area contributed by atoms with Gasteiger partial charge in [-0.25, -0.2) is 0 Å². The minimum atomic E-state index is -0.522. The number of nitrogens with two attached hydrogens (primary N) is 1. The van der Waals surface area contributed by atoms with E-state index in [-0.39, 0.29) is 5.69 Å². The van der Waals surface area contributed by atoms with Gasteiger partial charge in [-0.2, -0.15) is 5.10 Å². The summed E-state index contributed by atoms with van der Waals surface area (Å²) in [5.74, 6) is -0.522. The molecule has 1 aromatic rings. The summed E-state index contributed by atoms with van der Waals surface area (Å²) in [6, 6.07) is 1.66. The molecule has 1 rings (SSSR count). The fourth-order valence-corrected chi connectivity index (χ4v) is 1.25. The van der Waals surface area contributed by atoms with Gasteiger partial charge in [0.15, 0.2) is 0 Å². The zero-order chi connectivity index (χ0) is 12.0. The SMILES string of the molecule is C=C/C=C\C(=C/C)Cc1cc(C(N)=O)n[nH]1. The van der Waals surface area contributed by atoms with Gasteiger partial charge < -0.3 is 5.73 Å². The minimum Gasteiger partial charge on any atom is -0.364 e. The molecule has 0 aliphatic rings. The molecule has 16 heavy (non-hydrogen) atoms. The number of amides is 1. The number of rotatable bonds is 5. The van der Waals surface area contributed by atoms with Crippen LogP contribution in [0.1, 0.15) is 23.1 Å². The molecule has 1 aromatic heterocycles.